The van der Waals surface area contributed by atoms with E-state index in [4.69, 9.17) is 11.6 Å². The van der Waals surface area contributed by atoms with E-state index in [0.717, 1.165) is 6.54 Å². The van der Waals surface area contributed by atoms with Crippen LogP contribution in [0.15, 0.2) is 0 Å². The van der Waals surface area contributed by atoms with Gasteiger partial charge in [0.2, 0.25) is 17.2 Å². The smallest absolute Gasteiger partial charge is 0.231 e. The molecule has 17 heavy (non-hydrogen) atoms. The molecule has 1 unspecified atom stereocenters. The first kappa shape index (κ1) is 12.4. The van der Waals surface area contributed by atoms with E-state index in [-0.39, 0.29) is 5.28 Å². The van der Waals surface area contributed by atoms with Crippen molar-refractivity contribution >= 4 is 23.5 Å². The van der Waals surface area contributed by atoms with Gasteiger partial charge < -0.3 is 10.2 Å². The highest BCUT2D eigenvalue weighted by Gasteiger charge is 2.29. The average Bonchev–Trinajstić information content (AvgIpc) is 2.77. The van der Waals surface area contributed by atoms with Crippen molar-refractivity contribution < 1.29 is 0 Å². The van der Waals surface area contributed by atoms with Crippen LogP contribution in [0.2, 0.25) is 5.28 Å². The summed E-state index contributed by atoms with van der Waals surface area (Å²) in [6.45, 7) is 5.45. The van der Waals surface area contributed by atoms with Crippen molar-refractivity contribution in [2.45, 2.75) is 32.7 Å². The number of aromatic nitrogens is 3. The molecular formula is C11H18ClN5. The van der Waals surface area contributed by atoms with Crippen molar-refractivity contribution in [2.24, 2.45) is 5.92 Å². The van der Waals surface area contributed by atoms with Crippen molar-refractivity contribution in [2.75, 3.05) is 23.8 Å². The minimum Gasteiger partial charge on any atom is -0.357 e. The average molecular weight is 256 g/mol. The van der Waals surface area contributed by atoms with Gasteiger partial charge in [-0.1, -0.05) is 13.8 Å². The summed E-state index contributed by atoms with van der Waals surface area (Å²) in [5.41, 5.74) is 0. The molecule has 1 N–H and O–H groups in total. The lowest BCUT2D eigenvalue weighted by Gasteiger charge is -2.27. The third-order valence-corrected chi connectivity index (χ3v) is 3.31. The van der Waals surface area contributed by atoms with Crippen LogP contribution in [0.3, 0.4) is 0 Å². The molecule has 0 aromatic carbocycles. The van der Waals surface area contributed by atoms with Crippen LogP contribution in [-0.2, 0) is 0 Å². The standard InChI is InChI=1S/C11H18ClN5/c1-7(2)8-5-4-6-17(8)11-15-9(12)14-10(13-3)16-11/h7-8H,4-6H2,1-3H3,(H,13,14,15,16). The van der Waals surface area contributed by atoms with Crippen LogP contribution in [0.4, 0.5) is 11.9 Å². The topological polar surface area (TPSA) is 53.9 Å². The zero-order valence-corrected chi connectivity index (χ0v) is 11.2. The molecule has 2 rings (SSSR count). The first-order valence-corrected chi connectivity index (χ1v) is 6.35. The van der Waals surface area contributed by atoms with Gasteiger partial charge in [-0.2, -0.15) is 15.0 Å². The Kier molecular flexibility index (Phi) is 3.66. The minimum atomic E-state index is 0.244. The lowest BCUT2D eigenvalue weighted by Crippen LogP contribution is -2.34. The van der Waals surface area contributed by atoms with Gasteiger partial charge in [0.05, 0.1) is 0 Å². The summed E-state index contributed by atoms with van der Waals surface area (Å²) in [7, 11) is 1.78. The number of nitrogens with one attached hydrogen (secondary N) is 1. The molecule has 1 aliphatic heterocycles. The molecule has 0 saturated carbocycles. The van der Waals surface area contributed by atoms with Crippen LogP contribution in [0.5, 0.6) is 0 Å². The Balaban J connectivity index is 2.29. The van der Waals surface area contributed by atoms with Gasteiger partial charge in [0.1, 0.15) is 0 Å². The Hall–Kier alpha value is -1.10. The zero-order chi connectivity index (χ0) is 12.4. The van der Waals surface area contributed by atoms with E-state index >= 15 is 0 Å². The van der Waals surface area contributed by atoms with Crippen molar-refractivity contribution in [3.63, 3.8) is 0 Å². The Morgan fingerprint density at radius 3 is 2.76 bits per heavy atom. The molecule has 1 aromatic heterocycles. The minimum absolute atomic E-state index is 0.244. The second-order valence-corrected chi connectivity index (χ2v) is 4.96. The van der Waals surface area contributed by atoms with Crippen LogP contribution in [0, 0.1) is 5.92 Å². The first-order valence-electron chi connectivity index (χ1n) is 5.97. The van der Waals surface area contributed by atoms with Gasteiger partial charge in [0.25, 0.3) is 0 Å². The maximum atomic E-state index is 5.91. The van der Waals surface area contributed by atoms with Crippen LogP contribution in [-0.4, -0.2) is 34.6 Å². The highest BCUT2D eigenvalue weighted by Crippen LogP contribution is 2.28. The van der Waals surface area contributed by atoms with E-state index in [1.165, 1.54) is 12.8 Å². The lowest BCUT2D eigenvalue weighted by molar-refractivity contribution is 0.486. The second kappa shape index (κ2) is 5.04. The molecule has 1 saturated heterocycles. The number of anilines is 2. The van der Waals surface area contributed by atoms with E-state index in [1.54, 1.807) is 7.05 Å². The SMILES string of the molecule is CNc1nc(Cl)nc(N2CCCC2C(C)C)n1. The molecule has 0 aliphatic carbocycles. The molecule has 0 spiro atoms. The Bertz CT molecular complexity index is 395. The van der Waals surface area contributed by atoms with Crippen LogP contribution in [0.1, 0.15) is 26.7 Å². The maximum Gasteiger partial charge on any atom is 0.231 e. The van der Waals surface area contributed by atoms with Crippen LogP contribution < -0.4 is 10.2 Å². The molecule has 0 radical (unpaired) electrons. The number of rotatable bonds is 3. The van der Waals surface area contributed by atoms with Gasteiger partial charge in [-0.15, -0.1) is 0 Å². The molecule has 1 atom stereocenters. The predicted molar refractivity (Wildman–Crippen MR) is 69.6 cm³/mol. The molecule has 6 heteroatoms. The molecule has 1 aliphatic rings. The highest BCUT2D eigenvalue weighted by molar-refractivity contribution is 6.28. The summed E-state index contributed by atoms with van der Waals surface area (Å²) in [6.07, 6.45) is 2.37. The van der Waals surface area contributed by atoms with Crippen LogP contribution >= 0.6 is 11.6 Å². The molecule has 94 valence electrons. The number of nitrogens with zero attached hydrogens (tertiary/aromatic N) is 4. The van der Waals surface area contributed by atoms with Gasteiger partial charge in [0.15, 0.2) is 0 Å². The van der Waals surface area contributed by atoms with Crippen LogP contribution in [0.25, 0.3) is 0 Å². The van der Waals surface area contributed by atoms with Crippen molar-refractivity contribution in [1.82, 2.24) is 15.0 Å². The van der Waals surface area contributed by atoms with E-state index in [1.807, 2.05) is 0 Å². The van der Waals surface area contributed by atoms with Gasteiger partial charge in [-0.25, -0.2) is 0 Å². The number of hydrogen-bond acceptors (Lipinski definition) is 5. The Labute approximate surface area is 107 Å². The van der Waals surface area contributed by atoms with E-state index in [9.17, 15) is 0 Å². The normalized spacial score (nSPS) is 20.1. The first-order chi connectivity index (χ1) is 8.11. The van der Waals surface area contributed by atoms with Crippen molar-refractivity contribution in [3.05, 3.63) is 5.28 Å². The molecular weight excluding hydrogens is 238 g/mol. The van der Waals surface area contributed by atoms with E-state index < -0.39 is 0 Å². The number of hydrogen-bond donors (Lipinski definition) is 1. The third kappa shape index (κ3) is 2.60. The Morgan fingerprint density at radius 1 is 1.35 bits per heavy atom. The van der Waals surface area contributed by atoms with Gasteiger partial charge in [-0.3, -0.25) is 0 Å². The summed E-state index contributed by atoms with van der Waals surface area (Å²) < 4.78 is 0. The molecule has 5 nitrogen and oxygen atoms in total. The fourth-order valence-corrected chi connectivity index (χ4v) is 2.47. The van der Waals surface area contributed by atoms with Gasteiger partial charge in [-0.05, 0) is 30.4 Å². The monoisotopic (exact) mass is 255 g/mol. The summed E-state index contributed by atoms with van der Waals surface area (Å²) in [6, 6.07) is 0.498. The lowest BCUT2D eigenvalue weighted by atomic mass is 10.0. The molecule has 0 bridgehead atoms. The summed E-state index contributed by atoms with van der Waals surface area (Å²) in [5.74, 6) is 1.80. The van der Waals surface area contributed by atoms with Gasteiger partial charge in [0, 0.05) is 19.6 Å². The Morgan fingerprint density at radius 2 is 2.12 bits per heavy atom. The quantitative estimate of drug-likeness (QED) is 0.897. The van der Waals surface area contributed by atoms with Crippen molar-refractivity contribution in [1.29, 1.82) is 0 Å². The van der Waals surface area contributed by atoms with Gasteiger partial charge >= 0.3 is 0 Å². The highest BCUT2D eigenvalue weighted by atomic mass is 35.5. The summed E-state index contributed by atoms with van der Waals surface area (Å²) in [5, 5.41) is 3.15. The maximum absolute atomic E-state index is 5.91. The van der Waals surface area contributed by atoms with E-state index in [0.29, 0.717) is 23.9 Å². The fraction of sp³-hybridized carbons (Fsp3) is 0.727. The predicted octanol–water partition coefficient (Wildman–Crippen LogP) is 2.19. The third-order valence-electron chi connectivity index (χ3n) is 3.15. The fourth-order valence-electron chi connectivity index (χ4n) is 2.31. The zero-order valence-electron chi connectivity index (χ0n) is 10.4. The van der Waals surface area contributed by atoms with E-state index in [2.05, 4.69) is 39.0 Å². The second-order valence-electron chi connectivity index (χ2n) is 4.63. The summed E-state index contributed by atoms with van der Waals surface area (Å²) >= 11 is 5.91. The molecule has 1 fully saturated rings. The molecule has 0 amide bonds. The number of halogens is 1. The largest absolute Gasteiger partial charge is 0.357 e. The molecule has 1 aromatic rings. The molecule has 2 heterocycles. The van der Waals surface area contributed by atoms with Crippen molar-refractivity contribution in [3.8, 4) is 0 Å². The summed E-state index contributed by atoms with van der Waals surface area (Å²) in [4.78, 5) is 14.8.